The molecule has 1 fully saturated rings. The highest BCUT2D eigenvalue weighted by Crippen LogP contribution is 2.21. The fraction of sp³-hybridized carbons (Fsp3) is 1.00. The molecule has 0 spiro atoms. The zero-order valence-electron chi connectivity index (χ0n) is 9.32. The molecule has 0 aromatic carbocycles. The maximum Gasteiger partial charge on any atom is 0.186 e. The zero-order valence-corrected chi connectivity index (χ0v) is 9.32. The van der Waals surface area contributed by atoms with Gasteiger partial charge in [-0.15, -0.1) is 0 Å². The van der Waals surface area contributed by atoms with E-state index in [1.807, 2.05) is 6.92 Å². The third-order valence-electron chi connectivity index (χ3n) is 2.63. The summed E-state index contributed by atoms with van der Waals surface area (Å²) < 4.78 is 10.4. The Morgan fingerprint density at radius 1 is 1.12 bits per heavy atom. The molecule has 5 atom stereocenters. The van der Waals surface area contributed by atoms with Crippen LogP contribution in [0.1, 0.15) is 19.8 Å². The Kier molecular flexibility index (Phi) is 5.60. The largest absolute Gasteiger partial charge is 0.394 e. The Bertz CT molecular complexity index is 198. The molecule has 1 aliphatic heterocycles. The number of hydrogen-bond acceptors (Lipinski definition) is 6. The zero-order chi connectivity index (χ0) is 12.1. The quantitative estimate of drug-likeness (QED) is 0.438. The standard InChI is InChI=1S/C10H20O6/c1-2-3-4-15-10-9(14)8(13)7(12)6(5-11)16-10/h6-14H,2-5H2,1H3/t6-,7+,8+,9-,10-/m1/s1. The predicted octanol–water partition coefficient (Wildman–Crippen LogP) is -1.40. The lowest BCUT2D eigenvalue weighted by Crippen LogP contribution is -2.59. The SMILES string of the molecule is CCCCO[C@@H]1O[C@H](CO)[C@H](O)[C@H](O)[C@H]1O. The Morgan fingerprint density at radius 2 is 1.81 bits per heavy atom. The Balaban J connectivity index is 2.50. The Labute approximate surface area is 94.4 Å². The van der Waals surface area contributed by atoms with Gasteiger partial charge in [-0.1, -0.05) is 13.3 Å². The summed E-state index contributed by atoms with van der Waals surface area (Å²) in [6.45, 7) is 1.97. The number of ether oxygens (including phenoxy) is 2. The molecule has 16 heavy (non-hydrogen) atoms. The molecule has 0 aliphatic carbocycles. The molecule has 0 aromatic heterocycles. The summed E-state index contributed by atoms with van der Waals surface area (Å²) in [5, 5.41) is 37.5. The predicted molar refractivity (Wildman–Crippen MR) is 54.6 cm³/mol. The van der Waals surface area contributed by atoms with Gasteiger partial charge in [0.25, 0.3) is 0 Å². The van der Waals surface area contributed by atoms with Crippen molar-refractivity contribution in [2.45, 2.75) is 50.5 Å². The van der Waals surface area contributed by atoms with Crippen molar-refractivity contribution < 1.29 is 29.9 Å². The van der Waals surface area contributed by atoms with Crippen molar-refractivity contribution in [3.05, 3.63) is 0 Å². The van der Waals surface area contributed by atoms with Crippen molar-refractivity contribution in [3.63, 3.8) is 0 Å². The fourth-order valence-electron chi connectivity index (χ4n) is 1.55. The summed E-state index contributed by atoms with van der Waals surface area (Å²) in [4.78, 5) is 0. The van der Waals surface area contributed by atoms with E-state index >= 15 is 0 Å². The van der Waals surface area contributed by atoms with Crippen LogP contribution >= 0.6 is 0 Å². The highest BCUT2D eigenvalue weighted by Gasteiger charge is 2.43. The summed E-state index contributed by atoms with van der Waals surface area (Å²) >= 11 is 0. The normalized spacial score (nSPS) is 39.9. The molecule has 0 saturated carbocycles. The average Bonchev–Trinajstić information content (AvgIpc) is 2.29. The van der Waals surface area contributed by atoms with E-state index in [2.05, 4.69) is 0 Å². The van der Waals surface area contributed by atoms with E-state index in [0.29, 0.717) is 6.61 Å². The van der Waals surface area contributed by atoms with Crippen LogP contribution in [0.4, 0.5) is 0 Å². The van der Waals surface area contributed by atoms with E-state index in [0.717, 1.165) is 12.8 Å². The highest BCUT2D eigenvalue weighted by molar-refractivity contribution is 4.88. The van der Waals surface area contributed by atoms with Gasteiger partial charge in [0, 0.05) is 6.61 Å². The van der Waals surface area contributed by atoms with Crippen molar-refractivity contribution in [1.82, 2.24) is 0 Å². The van der Waals surface area contributed by atoms with Crippen LogP contribution in [0.3, 0.4) is 0 Å². The molecular formula is C10H20O6. The van der Waals surface area contributed by atoms with Gasteiger partial charge in [0.15, 0.2) is 6.29 Å². The lowest BCUT2D eigenvalue weighted by Gasteiger charge is -2.39. The van der Waals surface area contributed by atoms with E-state index < -0.39 is 37.3 Å². The molecule has 96 valence electrons. The Morgan fingerprint density at radius 3 is 2.38 bits per heavy atom. The second-order valence-electron chi connectivity index (χ2n) is 3.92. The van der Waals surface area contributed by atoms with Crippen molar-refractivity contribution in [1.29, 1.82) is 0 Å². The summed E-state index contributed by atoms with van der Waals surface area (Å²) in [5.41, 5.74) is 0. The molecule has 1 saturated heterocycles. The van der Waals surface area contributed by atoms with Crippen LogP contribution in [-0.4, -0.2) is 64.3 Å². The number of aliphatic hydroxyl groups excluding tert-OH is 4. The van der Waals surface area contributed by atoms with Gasteiger partial charge in [-0.25, -0.2) is 0 Å². The first kappa shape index (κ1) is 13.8. The van der Waals surface area contributed by atoms with Crippen molar-refractivity contribution in [3.8, 4) is 0 Å². The molecular weight excluding hydrogens is 216 g/mol. The van der Waals surface area contributed by atoms with Gasteiger partial charge >= 0.3 is 0 Å². The monoisotopic (exact) mass is 236 g/mol. The molecule has 0 radical (unpaired) electrons. The van der Waals surface area contributed by atoms with Gasteiger partial charge < -0.3 is 29.9 Å². The molecule has 0 bridgehead atoms. The molecule has 0 amide bonds. The molecule has 4 N–H and O–H groups in total. The second-order valence-corrected chi connectivity index (χ2v) is 3.92. The van der Waals surface area contributed by atoms with Gasteiger partial charge in [-0.05, 0) is 6.42 Å². The smallest absolute Gasteiger partial charge is 0.186 e. The van der Waals surface area contributed by atoms with Crippen LogP contribution in [0.5, 0.6) is 0 Å². The minimum atomic E-state index is -1.36. The Hall–Kier alpha value is -0.240. The molecule has 0 unspecified atom stereocenters. The van der Waals surface area contributed by atoms with Crippen LogP contribution in [0.2, 0.25) is 0 Å². The van der Waals surface area contributed by atoms with Gasteiger partial charge in [-0.3, -0.25) is 0 Å². The van der Waals surface area contributed by atoms with Crippen molar-refractivity contribution >= 4 is 0 Å². The molecule has 1 aliphatic rings. The number of hydrogen-bond donors (Lipinski definition) is 4. The summed E-state index contributed by atoms with van der Waals surface area (Å²) in [7, 11) is 0. The molecule has 0 aromatic rings. The fourth-order valence-corrected chi connectivity index (χ4v) is 1.55. The van der Waals surface area contributed by atoms with Crippen LogP contribution in [-0.2, 0) is 9.47 Å². The first-order valence-corrected chi connectivity index (χ1v) is 5.54. The van der Waals surface area contributed by atoms with E-state index in [4.69, 9.17) is 14.6 Å². The van der Waals surface area contributed by atoms with E-state index in [1.54, 1.807) is 0 Å². The maximum atomic E-state index is 9.58. The first-order valence-electron chi connectivity index (χ1n) is 5.54. The van der Waals surface area contributed by atoms with Gasteiger partial charge in [0.1, 0.15) is 24.4 Å². The van der Waals surface area contributed by atoms with Gasteiger partial charge in [0.2, 0.25) is 0 Å². The molecule has 1 heterocycles. The third-order valence-corrected chi connectivity index (χ3v) is 2.63. The minimum absolute atomic E-state index is 0.402. The van der Waals surface area contributed by atoms with Crippen LogP contribution in [0, 0.1) is 0 Å². The molecule has 1 rings (SSSR count). The van der Waals surface area contributed by atoms with Crippen LogP contribution in [0.15, 0.2) is 0 Å². The maximum absolute atomic E-state index is 9.58. The second kappa shape index (κ2) is 6.48. The van der Waals surface area contributed by atoms with Gasteiger partial charge in [-0.2, -0.15) is 0 Å². The van der Waals surface area contributed by atoms with Gasteiger partial charge in [0.05, 0.1) is 6.61 Å². The molecule has 6 nitrogen and oxygen atoms in total. The lowest BCUT2D eigenvalue weighted by atomic mass is 9.99. The number of aliphatic hydroxyl groups is 4. The number of unbranched alkanes of at least 4 members (excludes halogenated alkanes) is 1. The van der Waals surface area contributed by atoms with Crippen LogP contribution < -0.4 is 0 Å². The lowest BCUT2D eigenvalue weighted by molar-refractivity contribution is -0.301. The summed E-state index contributed by atoms with van der Waals surface area (Å²) in [6.07, 6.45) is -4.13. The third kappa shape index (κ3) is 3.13. The first-order chi connectivity index (χ1) is 7.61. The summed E-state index contributed by atoms with van der Waals surface area (Å²) in [6, 6.07) is 0. The minimum Gasteiger partial charge on any atom is -0.394 e. The highest BCUT2D eigenvalue weighted by atomic mass is 16.7. The van der Waals surface area contributed by atoms with Crippen LogP contribution in [0.25, 0.3) is 0 Å². The summed E-state index contributed by atoms with van der Waals surface area (Å²) in [5.74, 6) is 0. The van der Waals surface area contributed by atoms with E-state index in [1.165, 1.54) is 0 Å². The van der Waals surface area contributed by atoms with E-state index in [9.17, 15) is 15.3 Å². The van der Waals surface area contributed by atoms with Crippen molar-refractivity contribution in [2.75, 3.05) is 13.2 Å². The number of rotatable bonds is 5. The topological polar surface area (TPSA) is 99.4 Å². The average molecular weight is 236 g/mol. The van der Waals surface area contributed by atoms with Crippen molar-refractivity contribution in [2.24, 2.45) is 0 Å². The van der Waals surface area contributed by atoms with E-state index in [-0.39, 0.29) is 0 Å². The molecule has 6 heteroatoms.